The minimum atomic E-state index is -0.190. The van der Waals surface area contributed by atoms with Gasteiger partial charge in [-0.2, -0.15) is 0 Å². The molecule has 0 radical (unpaired) electrons. The Kier molecular flexibility index (Phi) is 4.70. The highest BCUT2D eigenvalue weighted by Gasteiger charge is 2.33. The second-order valence-electron chi connectivity index (χ2n) is 6.21. The summed E-state index contributed by atoms with van der Waals surface area (Å²) in [5.41, 5.74) is 2.47. The number of carbonyl (C=O) groups excluding carboxylic acids is 2. The van der Waals surface area contributed by atoms with Gasteiger partial charge in [-0.05, 0) is 32.0 Å². The number of ether oxygens (including phenoxy) is 1. The van der Waals surface area contributed by atoms with Crippen LogP contribution in [-0.2, 0) is 4.79 Å². The number of piperazine rings is 1. The Labute approximate surface area is 147 Å². The predicted molar refractivity (Wildman–Crippen MR) is 94.8 cm³/mol. The van der Waals surface area contributed by atoms with E-state index in [0.29, 0.717) is 18.0 Å². The molecule has 1 fully saturated rings. The minimum absolute atomic E-state index is 0.0541. The summed E-state index contributed by atoms with van der Waals surface area (Å²) in [5, 5.41) is 0. The molecular formula is C19H21N3O3. The third kappa shape index (κ3) is 3.47. The van der Waals surface area contributed by atoms with Crippen molar-refractivity contribution in [1.82, 2.24) is 9.88 Å². The molecule has 2 heterocycles. The Morgan fingerprint density at radius 2 is 1.96 bits per heavy atom. The predicted octanol–water partition coefficient (Wildman–Crippen LogP) is 2.28. The van der Waals surface area contributed by atoms with Gasteiger partial charge in [-0.25, -0.2) is 4.98 Å². The Bertz CT molecular complexity index is 789. The van der Waals surface area contributed by atoms with Crippen molar-refractivity contribution in [3.8, 4) is 5.88 Å². The molecule has 1 saturated heterocycles. The molecule has 1 aliphatic rings. The van der Waals surface area contributed by atoms with Gasteiger partial charge in [0.2, 0.25) is 11.8 Å². The van der Waals surface area contributed by atoms with Crippen LogP contribution in [0.25, 0.3) is 0 Å². The van der Waals surface area contributed by atoms with Gasteiger partial charge in [-0.15, -0.1) is 0 Å². The highest BCUT2D eigenvalue weighted by molar-refractivity contribution is 6.02. The van der Waals surface area contributed by atoms with Crippen LogP contribution in [0.15, 0.2) is 42.6 Å². The number of pyridine rings is 1. The molecule has 0 N–H and O–H groups in total. The first-order chi connectivity index (χ1) is 12.0. The van der Waals surface area contributed by atoms with Gasteiger partial charge >= 0.3 is 0 Å². The molecule has 1 atom stereocenters. The quantitative estimate of drug-likeness (QED) is 0.861. The largest absolute Gasteiger partial charge is 0.481 e. The highest BCUT2D eigenvalue weighted by Crippen LogP contribution is 2.22. The van der Waals surface area contributed by atoms with Crippen LogP contribution in [-0.4, -0.2) is 47.9 Å². The Hall–Kier alpha value is -2.89. The van der Waals surface area contributed by atoms with E-state index in [1.165, 1.54) is 13.3 Å². The number of anilines is 1. The van der Waals surface area contributed by atoms with Gasteiger partial charge in [0.15, 0.2) is 0 Å². The highest BCUT2D eigenvalue weighted by atomic mass is 16.5. The van der Waals surface area contributed by atoms with Crippen molar-refractivity contribution in [2.24, 2.45) is 0 Å². The van der Waals surface area contributed by atoms with E-state index in [4.69, 9.17) is 4.74 Å². The van der Waals surface area contributed by atoms with Crippen LogP contribution in [0.3, 0.4) is 0 Å². The molecule has 6 heteroatoms. The molecule has 0 bridgehead atoms. The van der Waals surface area contributed by atoms with Crippen molar-refractivity contribution >= 4 is 17.5 Å². The Balaban J connectivity index is 1.78. The maximum Gasteiger partial charge on any atom is 0.254 e. The molecule has 1 aromatic heterocycles. The first-order valence-electron chi connectivity index (χ1n) is 8.17. The average Bonchev–Trinajstić information content (AvgIpc) is 2.63. The average molecular weight is 339 g/mol. The molecule has 0 saturated carbocycles. The summed E-state index contributed by atoms with van der Waals surface area (Å²) >= 11 is 0. The van der Waals surface area contributed by atoms with E-state index >= 15 is 0 Å². The minimum Gasteiger partial charge on any atom is -0.481 e. The number of hydrogen-bond acceptors (Lipinski definition) is 4. The fraction of sp³-hybridized carbons (Fsp3) is 0.316. The van der Waals surface area contributed by atoms with Gasteiger partial charge in [0.1, 0.15) is 6.54 Å². The summed E-state index contributed by atoms with van der Waals surface area (Å²) in [4.78, 5) is 32.7. The lowest BCUT2D eigenvalue weighted by Gasteiger charge is -2.39. The van der Waals surface area contributed by atoms with E-state index < -0.39 is 0 Å². The number of methoxy groups -OCH3 is 1. The van der Waals surface area contributed by atoms with Crippen molar-refractivity contribution in [3.63, 3.8) is 0 Å². The van der Waals surface area contributed by atoms with Crippen LogP contribution >= 0.6 is 0 Å². The van der Waals surface area contributed by atoms with E-state index in [-0.39, 0.29) is 24.4 Å². The fourth-order valence-electron chi connectivity index (χ4n) is 2.92. The zero-order chi connectivity index (χ0) is 18.0. The SMILES string of the molecule is COc1cc(C(=O)N2CC(=O)N(c3ccc(C)cc3)C[C@H]2C)ccn1. The number of carbonyl (C=O) groups is 2. The van der Waals surface area contributed by atoms with Crippen LogP contribution in [0.2, 0.25) is 0 Å². The molecule has 3 rings (SSSR count). The fourth-order valence-corrected chi connectivity index (χ4v) is 2.92. The van der Waals surface area contributed by atoms with Crippen LogP contribution in [0, 0.1) is 6.92 Å². The summed E-state index contributed by atoms with van der Waals surface area (Å²) in [6.45, 7) is 4.48. The standard InChI is InChI=1S/C19H21N3O3/c1-13-4-6-16(7-5-13)22-11-14(2)21(12-18(22)23)19(24)15-8-9-20-17(10-15)25-3/h4-10,14H,11-12H2,1-3H3/t14-/m1/s1. The second-order valence-corrected chi connectivity index (χ2v) is 6.21. The van der Waals surface area contributed by atoms with E-state index in [2.05, 4.69) is 4.98 Å². The van der Waals surface area contributed by atoms with Gasteiger partial charge in [0.05, 0.1) is 7.11 Å². The summed E-state index contributed by atoms with van der Waals surface area (Å²) in [7, 11) is 1.50. The number of benzene rings is 1. The molecule has 0 unspecified atom stereocenters. The Morgan fingerprint density at radius 1 is 1.24 bits per heavy atom. The maximum absolute atomic E-state index is 12.8. The maximum atomic E-state index is 12.8. The molecule has 2 amide bonds. The first kappa shape index (κ1) is 17.0. The van der Waals surface area contributed by atoms with Crippen molar-refractivity contribution in [2.45, 2.75) is 19.9 Å². The zero-order valence-corrected chi connectivity index (χ0v) is 14.6. The van der Waals surface area contributed by atoms with Crippen molar-refractivity contribution in [3.05, 3.63) is 53.7 Å². The normalized spacial score (nSPS) is 17.6. The third-order valence-electron chi connectivity index (χ3n) is 4.38. The smallest absolute Gasteiger partial charge is 0.254 e. The number of aryl methyl sites for hydroxylation is 1. The van der Waals surface area contributed by atoms with Crippen LogP contribution in [0.1, 0.15) is 22.8 Å². The number of rotatable bonds is 3. The molecule has 0 spiro atoms. The molecule has 1 aliphatic heterocycles. The molecule has 130 valence electrons. The lowest BCUT2D eigenvalue weighted by Crippen LogP contribution is -2.57. The summed E-state index contributed by atoms with van der Waals surface area (Å²) in [6.07, 6.45) is 1.53. The number of nitrogens with zero attached hydrogens (tertiary/aromatic N) is 3. The summed E-state index contributed by atoms with van der Waals surface area (Å²) in [6, 6.07) is 11.0. The van der Waals surface area contributed by atoms with Crippen molar-refractivity contribution in [2.75, 3.05) is 25.1 Å². The van der Waals surface area contributed by atoms with Gasteiger partial charge < -0.3 is 14.5 Å². The number of aromatic nitrogens is 1. The molecule has 0 aliphatic carbocycles. The lowest BCUT2D eigenvalue weighted by molar-refractivity contribution is -0.121. The summed E-state index contributed by atoms with van der Waals surface area (Å²) < 4.78 is 5.07. The summed E-state index contributed by atoms with van der Waals surface area (Å²) in [5.74, 6) is 0.101. The third-order valence-corrected chi connectivity index (χ3v) is 4.38. The van der Waals surface area contributed by atoms with E-state index in [9.17, 15) is 9.59 Å². The topological polar surface area (TPSA) is 62.7 Å². The molecule has 2 aromatic rings. The van der Waals surface area contributed by atoms with Crippen LogP contribution in [0.5, 0.6) is 5.88 Å². The number of amides is 2. The molecule has 6 nitrogen and oxygen atoms in total. The van der Waals surface area contributed by atoms with E-state index in [1.54, 1.807) is 21.9 Å². The van der Waals surface area contributed by atoms with Crippen LogP contribution in [0.4, 0.5) is 5.69 Å². The van der Waals surface area contributed by atoms with Crippen LogP contribution < -0.4 is 9.64 Å². The van der Waals surface area contributed by atoms with E-state index in [1.807, 2.05) is 38.1 Å². The Morgan fingerprint density at radius 3 is 2.64 bits per heavy atom. The molecule has 1 aromatic carbocycles. The van der Waals surface area contributed by atoms with Gasteiger partial charge in [0, 0.05) is 36.1 Å². The van der Waals surface area contributed by atoms with E-state index in [0.717, 1.165) is 11.3 Å². The van der Waals surface area contributed by atoms with Gasteiger partial charge in [-0.1, -0.05) is 17.7 Å². The first-order valence-corrected chi connectivity index (χ1v) is 8.17. The van der Waals surface area contributed by atoms with Gasteiger partial charge in [0.25, 0.3) is 5.91 Å². The molecule has 25 heavy (non-hydrogen) atoms. The van der Waals surface area contributed by atoms with Gasteiger partial charge in [-0.3, -0.25) is 9.59 Å². The van der Waals surface area contributed by atoms with Crippen molar-refractivity contribution < 1.29 is 14.3 Å². The number of hydrogen-bond donors (Lipinski definition) is 0. The molecular weight excluding hydrogens is 318 g/mol. The zero-order valence-electron chi connectivity index (χ0n) is 14.6. The monoisotopic (exact) mass is 339 g/mol. The second kappa shape index (κ2) is 6.93. The van der Waals surface area contributed by atoms with Crippen molar-refractivity contribution in [1.29, 1.82) is 0 Å². The lowest BCUT2D eigenvalue weighted by atomic mass is 10.1.